The van der Waals surface area contributed by atoms with Gasteiger partial charge in [0.25, 0.3) is 5.91 Å². The Morgan fingerprint density at radius 3 is 2.59 bits per heavy atom. The van der Waals surface area contributed by atoms with E-state index in [2.05, 4.69) is 20.6 Å². The summed E-state index contributed by atoms with van der Waals surface area (Å²) in [5.74, 6) is -0.201. The van der Waals surface area contributed by atoms with E-state index in [-0.39, 0.29) is 10.6 Å². The van der Waals surface area contributed by atoms with E-state index >= 15 is 0 Å². The van der Waals surface area contributed by atoms with Gasteiger partial charge in [-0.1, -0.05) is 23.7 Å². The van der Waals surface area contributed by atoms with Gasteiger partial charge in [-0.25, -0.2) is 4.39 Å². The number of hydrogen-bond donors (Lipinski definition) is 1. The molecule has 0 saturated carbocycles. The lowest BCUT2D eigenvalue weighted by atomic mass is 10.1. The van der Waals surface area contributed by atoms with Crippen molar-refractivity contribution in [1.29, 1.82) is 0 Å². The minimum absolute atomic E-state index is 0.0611. The van der Waals surface area contributed by atoms with Gasteiger partial charge in [0.15, 0.2) is 11.5 Å². The zero-order valence-corrected chi connectivity index (χ0v) is 14.9. The van der Waals surface area contributed by atoms with E-state index in [0.29, 0.717) is 17.2 Å². The number of nitrogens with zero attached hydrogens (tertiary/aromatic N) is 4. The van der Waals surface area contributed by atoms with Crippen LogP contribution in [-0.4, -0.2) is 25.7 Å². The zero-order valence-electron chi connectivity index (χ0n) is 14.1. The molecule has 1 N–H and O–H groups in total. The molecule has 0 fully saturated rings. The van der Waals surface area contributed by atoms with Crippen LogP contribution in [0.3, 0.4) is 0 Å². The van der Waals surface area contributed by atoms with Gasteiger partial charge in [-0.15, -0.1) is 10.2 Å². The van der Waals surface area contributed by atoms with Gasteiger partial charge < -0.3 is 5.32 Å². The van der Waals surface area contributed by atoms with Crippen LogP contribution in [0.1, 0.15) is 16.2 Å². The summed E-state index contributed by atoms with van der Waals surface area (Å²) in [6.07, 6.45) is 0. The average molecular weight is 382 g/mol. The Morgan fingerprint density at radius 1 is 1.07 bits per heavy atom. The molecule has 0 radical (unpaired) electrons. The zero-order chi connectivity index (χ0) is 19.0. The fraction of sp³-hybridized carbons (Fsp3) is 0.0526. The highest BCUT2D eigenvalue weighted by Crippen LogP contribution is 2.22. The first kappa shape index (κ1) is 17.1. The first-order chi connectivity index (χ1) is 13.0. The standard InChI is InChI=1S/C19H13ClFN5O/c1-11-23-24-18-9-8-17(25-26(11)18)12-2-5-14(6-3-12)22-19(27)15-7-4-13(21)10-16(15)20/h2-10H,1H3,(H,22,27). The molecule has 134 valence electrons. The van der Waals surface area contributed by atoms with Gasteiger partial charge in [0.2, 0.25) is 0 Å². The number of aryl methyl sites for hydroxylation is 1. The molecule has 8 heteroatoms. The number of amides is 1. The third-order valence-electron chi connectivity index (χ3n) is 4.03. The van der Waals surface area contributed by atoms with Crippen LogP contribution in [0.25, 0.3) is 16.9 Å². The summed E-state index contributed by atoms with van der Waals surface area (Å²) >= 11 is 5.93. The number of carbonyl (C=O) groups is 1. The Labute approximate surface area is 158 Å². The summed E-state index contributed by atoms with van der Waals surface area (Å²) < 4.78 is 14.8. The molecule has 0 aliphatic carbocycles. The fourth-order valence-electron chi connectivity index (χ4n) is 2.65. The monoisotopic (exact) mass is 381 g/mol. The number of aromatic nitrogens is 4. The second-order valence-corrected chi connectivity index (χ2v) is 6.30. The molecule has 27 heavy (non-hydrogen) atoms. The molecule has 2 aromatic heterocycles. The van der Waals surface area contributed by atoms with Crippen molar-refractivity contribution >= 4 is 28.8 Å². The van der Waals surface area contributed by atoms with E-state index in [9.17, 15) is 9.18 Å². The summed E-state index contributed by atoms with van der Waals surface area (Å²) in [6, 6.07) is 14.6. The Morgan fingerprint density at radius 2 is 1.85 bits per heavy atom. The van der Waals surface area contributed by atoms with E-state index in [4.69, 9.17) is 11.6 Å². The summed E-state index contributed by atoms with van der Waals surface area (Å²) in [7, 11) is 0. The van der Waals surface area contributed by atoms with Gasteiger partial charge >= 0.3 is 0 Å². The number of benzene rings is 2. The quantitative estimate of drug-likeness (QED) is 0.578. The molecule has 0 atom stereocenters. The summed E-state index contributed by atoms with van der Waals surface area (Å²) in [5.41, 5.74) is 3.10. The maximum atomic E-state index is 13.1. The van der Waals surface area contributed by atoms with E-state index in [1.54, 1.807) is 16.6 Å². The van der Waals surface area contributed by atoms with Crippen molar-refractivity contribution in [3.05, 3.63) is 76.8 Å². The summed E-state index contributed by atoms with van der Waals surface area (Å²) in [4.78, 5) is 12.3. The number of carbonyl (C=O) groups excluding carboxylic acids is 1. The van der Waals surface area contributed by atoms with Crippen LogP contribution in [0.4, 0.5) is 10.1 Å². The highest BCUT2D eigenvalue weighted by Gasteiger charge is 2.12. The molecule has 1 amide bonds. The Balaban J connectivity index is 1.56. The van der Waals surface area contributed by atoms with Crippen LogP contribution in [0.15, 0.2) is 54.6 Å². The lowest BCUT2D eigenvalue weighted by molar-refractivity contribution is 0.102. The topological polar surface area (TPSA) is 72.2 Å². The minimum atomic E-state index is -0.492. The molecular formula is C19H13ClFN5O. The summed E-state index contributed by atoms with van der Waals surface area (Å²) in [5, 5.41) is 15.3. The molecule has 0 saturated heterocycles. The predicted molar refractivity (Wildman–Crippen MR) is 100 cm³/mol. The minimum Gasteiger partial charge on any atom is -0.322 e. The molecule has 2 heterocycles. The van der Waals surface area contributed by atoms with E-state index < -0.39 is 11.7 Å². The molecule has 2 aromatic carbocycles. The first-order valence-corrected chi connectivity index (χ1v) is 8.45. The van der Waals surface area contributed by atoms with Crippen molar-refractivity contribution in [3.63, 3.8) is 0 Å². The predicted octanol–water partition coefficient (Wildman–Crippen LogP) is 4.14. The maximum absolute atomic E-state index is 13.1. The maximum Gasteiger partial charge on any atom is 0.257 e. The number of rotatable bonds is 3. The largest absolute Gasteiger partial charge is 0.322 e. The van der Waals surface area contributed by atoms with Crippen LogP contribution in [0.2, 0.25) is 5.02 Å². The van der Waals surface area contributed by atoms with Crippen LogP contribution in [0.5, 0.6) is 0 Å². The number of nitrogens with one attached hydrogen (secondary N) is 1. The van der Waals surface area contributed by atoms with Crippen LogP contribution < -0.4 is 5.32 Å². The molecule has 0 spiro atoms. The second kappa shape index (κ2) is 6.77. The van der Waals surface area contributed by atoms with Crippen LogP contribution >= 0.6 is 11.6 Å². The van der Waals surface area contributed by atoms with Gasteiger partial charge in [-0.2, -0.15) is 9.61 Å². The second-order valence-electron chi connectivity index (χ2n) is 5.89. The molecule has 4 rings (SSSR count). The smallest absolute Gasteiger partial charge is 0.257 e. The molecule has 0 unspecified atom stereocenters. The van der Waals surface area contributed by atoms with E-state index in [1.807, 2.05) is 31.2 Å². The van der Waals surface area contributed by atoms with Crippen molar-refractivity contribution in [3.8, 4) is 11.3 Å². The van der Waals surface area contributed by atoms with E-state index in [0.717, 1.165) is 17.3 Å². The lowest BCUT2D eigenvalue weighted by Gasteiger charge is -2.08. The highest BCUT2D eigenvalue weighted by molar-refractivity contribution is 6.34. The van der Waals surface area contributed by atoms with Crippen molar-refractivity contribution in [2.24, 2.45) is 0 Å². The van der Waals surface area contributed by atoms with Gasteiger partial charge in [-0.05, 0) is 49.4 Å². The van der Waals surface area contributed by atoms with Crippen molar-refractivity contribution in [1.82, 2.24) is 19.8 Å². The molecule has 0 aliphatic rings. The van der Waals surface area contributed by atoms with Crippen molar-refractivity contribution in [2.45, 2.75) is 6.92 Å². The van der Waals surface area contributed by atoms with Gasteiger partial charge in [0.05, 0.1) is 16.3 Å². The highest BCUT2D eigenvalue weighted by atomic mass is 35.5. The van der Waals surface area contributed by atoms with E-state index in [1.165, 1.54) is 12.1 Å². The van der Waals surface area contributed by atoms with Gasteiger partial charge in [0.1, 0.15) is 5.82 Å². The first-order valence-electron chi connectivity index (χ1n) is 8.07. The van der Waals surface area contributed by atoms with Crippen LogP contribution in [0, 0.1) is 12.7 Å². The molecule has 0 aliphatic heterocycles. The Kier molecular flexibility index (Phi) is 4.29. The average Bonchev–Trinajstić information content (AvgIpc) is 3.03. The third kappa shape index (κ3) is 3.37. The molecule has 4 aromatic rings. The Bertz CT molecular complexity index is 1160. The number of halogens is 2. The third-order valence-corrected chi connectivity index (χ3v) is 4.35. The van der Waals surface area contributed by atoms with Gasteiger partial charge in [-0.3, -0.25) is 4.79 Å². The summed E-state index contributed by atoms with van der Waals surface area (Å²) in [6.45, 7) is 1.83. The number of fused-ring (bicyclic) bond motifs is 1. The number of hydrogen-bond acceptors (Lipinski definition) is 4. The normalized spacial score (nSPS) is 10.9. The van der Waals surface area contributed by atoms with Crippen molar-refractivity contribution in [2.75, 3.05) is 5.32 Å². The van der Waals surface area contributed by atoms with Gasteiger partial charge in [0, 0.05) is 11.3 Å². The van der Waals surface area contributed by atoms with Crippen LogP contribution in [-0.2, 0) is 0 Å². The van der Waals surface area contributed by atoms with Crippen molar-refractivity contribution < 1.29 is 9.18 Å². The lowest BCUT2D eigenvalue weighted by Crippen LogP contribution is -2.12. The Hall–Kier alpha value is -3.32. The fourth-order valence-corrected chi connectivity index (χ4v) is 2.90. The molecule has 6 nitrogen and oxygen atoms in total. The molecular weight excluding hydrogens is 369 g/mol. The molecule has 0 bridgehead atoms. The SMILES string of the molecule is Cc1nnc2ccc(-c3ccc(NC(=O)c4ccc(F)cc4Cl)cc3)nn12. The number of anilines is 1.